The van der Waals surface area contributed by atoms with E-state index < -0.39 is 0 Å². The van der Waals surface area contributed by atoms with Crippen molar-refractivity contribution in [3.63, 3.8) is 0 Å². The fraction of sp³-hybridized carbons (Fsp3) is 0.231. The van der Waals surface area contributed by atoms with Crippen LogP contribution < -0.4 is 10.5 Å². The van der Waals surface area contributed by atoms with Crippen molar-refractivity contribution in [2.75, 3.05) is 5.73 Å². The molecule has 0 saturated heterocycles. The van der Waals surface area contributed by atoms with Crippen molar-refractivity contribution < 1.29 is 4.74 Å². The Morgan fingerprint density at radius 3 is 2.61 bits per heavy atom. The Bertz CT molecular complexity index is 528. The second-order valence-corrected chi connectivity index (χ2v) is 4.29. The summed E-state index contributed by atoms with van der Waals surface area (Å²) >= 11 is 5.82. The molecule has 0 aliphatic carbocycles. The van der Waals surface area contributed by atoms with Gasteiger partial charge in [-0.3, -0.25) is 0 Å². The summed E-state index contributed by atoms with van der Waals surface area (Å²) in [6, 6.07) is 7.11. The minimum Gasteiger partial charge on any atom is -0.439 e. The first kappa shape index (κ1) is 12.6. The Kier molecular flexibility index (Phi) is 3.99. The summed E-state index contributed by atoms with van der Waals surface area (Å²) in [6.45, 7) is 2.07. The van der Waals surface area contributed by atoms with Crippen LogP contribution in [0.5, 0.6) is 11.6 Å². The minimum atomic E-state index is 0.468. The average Bonchev–Trinajstić information content (AvgIpc) is 2.36. The van der Waals surface area contributed by atoms with Crippen molar-refractivity contribution in [2.24, 2.45) is 0 Å². The Labute approximate surface area is 111 Å². The molecule has 0 fully saturated rings. The highest BCUT2D eigenvalue weighted by Crippen LogP contribution is 2.27. The highest BCUT2D eigenvalue weighted by Gasteiger charge is 2.10. The summed E-state index contributed by atoms with van der Waals surface area (Å²) in [6.07, 6.45) is 3.14. The number of halogens is 1. The predicted octanol–water partition coefficient (Wildman–Crippen LogP) is 3.46. The van der Waals surface area contributed by atoms with Crippen LogP contribution in [0.25, 0.3) is 0 Å². The van der Waals surface area contributed by atoms with E-state index in [1.54, 1.807) is 24.3 Å². The van der Waals surface area contributed by atoms with E-state index in [9.17, 15) is 0 Å². The van der Waals surface area contributed by atoms with Gasteiger partial charge in [0.25, 0.3) is 0 Å². The first-order valence-electron chi connectivity index (χ1n) is 5.73. The van der Waals surface area contributed by atoms with Crippen molar-refractivity contribution in [1.82, 2.24) is 9.97 Å². The van der Waals surface area contributed by atoms with Gasteiger partial charge in [0.05, 0.1) is 5.56 Å². The largest absolute Gasteiger partial charge is 0.439 e. The van der Waals surface area contributed by atoms with E-state index in [-0.39, 0.29) is 0 Å². The summed E-state index contributed by atoms with van der Waals surface area (Å²) in [5, 5.41) is 0.665. The van der Waals surface area contributed by atoms with E-state index >= 15 is 0 Å². The first-order valence-corrected chi connectivity index (χ1v) is 6.11. The highest BCUT2D eigenvalue weighted by atomic mass is 35.5. The second-order valence-electron chi connectivity index (χ2n) is 3.85. The summed E-state index contributed by atoms with van der Waals surface area (Å²) in [5.41, 5.74) is 6.68. The number of nitrogens with zero attached hydrogens (tertiary/aromatic N) is 2. The van der Waals surface area contributed by atoms with Crippen LogP contribution in [0.15, 0.2) is 30.6 Å². The zero-order chi connectivity index (χ0) is 13.0. The third-order valence-electron chi connectivity index (χ3n) is 2.47. The van der Waals surface area contributed by atoms with Crippen molar-refractivity contribution in [3.05, 3.63) is 41.2 Å². The van der Waals surface area contributed by atoms with E-state index in [0.717, 1.165) is 18.4 Å². The van der Waals surface area contributed by atoms with E-state index in [1.807, 2.05) is 0 Å². The molecule has 2 aromatic rings. The van der Waals surface area contributed by atoms with Gasteiger partial charge in [-0.25, -0.2) is 9.97 Å². The van der Waals surface area contributed by atoms with Gasteiger partial charge in [0.15, 0.2) is 0 Å². The third-order valence-corrected chi connectivity index (χ3v) is 2.72. The molecule has 0 saturated carbocycles. The number of benzene rings is 1. The predicted molar refractivity (Wildman–Crippen MR) is 72.0 cm³/mol. The van der Waals surface area contributed by atoms with Crippen molar-refractivity contribution in [3.8, 4) is 11.6 Å². The molecule has 1 heterocycles. The number of nitrogen functional groups attached to an aromatic ring is 1. The lowest BCUT2D eigenvalue weighted by Crippen LogP contribution is -2.02. The molecule has 0 aliphatic rings. The van der Waals surface area contributed by atoms with Gasteiger partial charge in [-0.1, -0.05) is 24.9 Å². The van der Waals surface area contributed by atoms with E-state index in [1.165, 1.54) is 6.33 Å². The number of hydrogen-bond acceptors (Lipinski definition) is 4. The van der Waals surface area contributed by atoms with Crippen LogP contribution in [0.1, 0.15) is 18.9 Å². The Morgan fingerprint density at radius 2 is 1.94 bits per heavy atom. The normalized spacial score (nSPS) is 10.3. The smallest absolute Gasteiger partial charge is 0.227 e. The molecule has 0 radical (unpaired) electrons. The van der Waals surface area contributed by atoms with Crippen molar-refractivity contribution in [2.45, 2.75) is 19.8 Å². The monoisotopic (exact) mass is 263 g/mol. The molecule has 0 aliphatic heterocycles. The van der Waals surface area contributed by atoms with Crippen LogP contribution in [0.3, 0.4) is 0 Å². The maximum absolute atomic E-state index is 5.83. The zero-order valence-corrected chi connectivity index (χ0v) is 10.8. The van der Waals surface area contributed by atoms with Gasteiger partial charge in [-0.15, -0.1) is 0 Å². The lowest BCUT2D eigenvalue weighted by molar-refractivity contribution is 0.454. The maximum Gasteiger partial charge on any atom is 0.227 e. The van der Waals surface area contributed by atoms with Crippen LogP contribution in [0.4, 0.5) is 5.82 Å². The maximum atomic E-state index is 5.83. The quantitative estimate of drug-likeness (QED) is 0.918. The number of nitrogens with two attached hydrogens (primary N) is 1. The Balaban J connectivity index is 2.28. The molecule has 0 bridgehead atoms. The van der Waals surface area contributed by atoms with Crippen LogP contribution in [0, 0.1) is 0 Å². The summed E-state index contributed by atoms with van der Waals surface area (Å²) in [4.78, 5) is 8.11. The molecular weight excluding hydrogens is 250 g/mol. The molecule has 0 unspecified atom stereocenters. The lowest BCUT2D eigenvalue weighted by Gasteiger charge is -2.10. The fourth-order valence-corrected chi connectivity index (χ4v) is 1.72. The van der Waals surface area contributed by atoms with Gasteiger partial charge in [-0.2, -0.15) is 0 Å². The molecule has 1 aromatic carbocycles. The topological polar surface area (TPSA) is 61.0 Å². The number of ether oxygens (including phenoxy) is 1. The summed E-state index contributed by atoms with van der Waals surface area (Å²) < 4.78 is 5.71. The van der Waals surface area contributed by atoms with E-state index in [4.69, 9.17) is 22.1 Å². The molecule has 18 heavy (non-hydrogen) atoms. The molecule has 4 nitrogen and oxygen atoms in total. The van der Waals surface area contributed by atoms with Crippen molar-refractivity contribution >= 4 is 17.4 Å². The van der Waals surface area contributed by atoms with Crippen LogP contribution in [-0.2, 0) is 6.42 Å². The van der Waals surface area contributed by atoms with Gasteiger partial charge in [0, 0.05) is 5.02 Å². The van der Waals surface area contributed by atoms with Gasteiger partial charge >= 0.3 is 0 Å². The summed E-state index contributed by atoms with van der Waals surface area (Å²) in [7, 11) is 0. The molecular formula is C13H14ClN3O. The molecule has 1 aromatic heterocycles. The highest BCUT2D eigenvalue weighted by molar-refractivity contribution is 6.30. The van der Waals surface area contributed by atoms with E-state index in [2.05, 4.69) is 16.9 Å². The third kappa shape index (κ3) is 2.90. The van der Waals surface area contributed by atoms with Gasteiger partial charge in [0.1, 0.15) is 17.9 Å². The number of hydrogen-bond donors (Lipinski definition) is 1. The number of aromatic nitrogens is 2. The number of rotatable bonds is 4. The molecule has 5 heteroatoms. The Hall–Kier alpha value is -1.81. The lowest BCUT2D eigenvalue weighted by atomic mass is 10.2. The van der Waals surface area contributed by atoms with Crippen LogP contribution in [-0.4, -0.2) is 9.97 Å². The van der Waals surface area contributed by atoms with Crippen LogP contribution in [0.2, 0.25) is 5.02 Å². The minimum absolute atomic E-state index is 0.468. The average molecular weight is 264 g/mol. The number of anilines is 1. The van der Waals surface area contributed by atoms with Crippen molar-refractivity contribution in [1.29, 1.82) is 0 Å². The molecule has 2 rings (SSSR count). The van der Waals surface area contributed by atoms with Gasteiger partial charge < -0.3 is 10.5 Å². The summed E-state index contributed by atoms with van der Waals surface area (Å²) in [5.74, 6) is 1.65. The van der Waals surface area contributed by atoms with Gasteiger partial charge in [-0.05, 0) is 30.7 Å². The first-order chi connectivity index (χ1) is 8.70. The fourth-order valence-electron chi connectivity index (χ4n) is 1.60. The second kappa shape index (κ2) is 5.69. The molecule has 2 N–H and O–H groups in total. The van der Waals surface area contributed by atoms with E-state index in [0.29, 0.717) is 22.5 Å². The zero-order valence-electron chi connectivity index (χ0n) is 10.1. The molecule has 0 atom stereocenters. The molecule has 94 valence electrons. The molecule has 0 spiro atoms. The standard InChI is InChI=1S/C13H14ClN3O/c1-2-3-11-12(15)16-8-17-13(11)18-10-6-4-9(14)5-7-10/h4-8H,2-3H2,1H3,(H2,15,16,17). The van der Waals surface area contributed by atoms with Gasteiger partial charge in [0.2, 0.25) is 5.88 Å². The SMILES string of the molecule is CCCc1c(N)ncnc1Oc1ccc(Cl)cc1. The molecule has 0 amide bonds. The van der Waals surface area contributed by atoms with Crippen LogP contribution >= 0.6 is 11.6 Å². The Morgan fingerprint density at radius 1 is 1.22 bits per heavy atom.